The summed E-state index contributed by atoms with van der Waals surface area (Å²) in [5.74, 6) is 1.50. The minimum atomic E-state index is -0.556. The van der Waals surface area contributed by atoms with E-state index in [0.717, 1.165) is 27.8 Å². The molecular weight excluding hydrogens is 629 g/mol. The van der Waals surface area contributed by atoms with E-state index in [-0.39, 0.29) is 24.9 Å². The van der Waals surface area contributed by atoms with Gasteiger partial charge in [-0.05, 0) is 79.2 Å². The molecule has 4 heterocycles. The SMILES string of the molecule is CC1COc2ccc(Cl)c3c2B(O1)OC3CNC(=O)OC(C)(C)C.CC1COc2cccc3c2B(O1)OC3CNC(=O)OC(C)(C)C. The van der Waals surface area contributed by atoms with Crippen LogP contribution in [0.5, 0.6) is 11.5 Å². The van der Waals surface area contributed by atoms with Crippen molar-refractivity contribution in [1.29, 1.82) is 0 Å². The van der Waals surface area contributed by atoms with Gasteiger partial charge in [-0.1, -0.05) is 23.7 Å². The lowest BCUT2D eigenvalue weighted by atomic mass is 9.77. The molecule has 15 heteroatoms. The summed E-state index contributed by atoms with van der Waals surface area (Å²) in [7, 11) is -0.999. The van der Waals surface area contributed by atoms with E-state index in [1.54, 1.807) is 6.07 Å². The quantitative estimate of drug-likeness (QED) is 0.456. The lowest BCUT2D eigenvalue weighted by molar-refractivity contribution is 0.0477. The molecule has 0 radical (unpaired) electrons. The van der Waals surface area contributed by atoms with Crippen molar-refractivity contribution in [2.24, 2.45) is 0 Å². The van der Waals surface area contributed by atoms with E-state index in [1.807, 2.05) is 79.7 Å². The Morgan fingerprint density at radius 3 is 1.85 bits per heavy atom. The average molecular weight is 673 g/mol. The molecule has 4 unspecified atom stereocenters. The minimum Gasteiger partial charge on any atom is -0.491 e. The van der Waals surface area contributed by atoms with Crippen LogP contribution >= 0.6 is 11.6 Å². The zero-order valence-electron chi connectivity index (χ0n) is 28.1. The van der Waals surface area contributed by atoms with Gasteiger partial charge in [0, 0.05) is 34.6 Å². The molecule has 4 aliphatic heterocycles. The van der Waals surface area contributed by atoms with Crippen molar-refractivity contribution in [1.82, 2.24) is 10.6 Å². The summed E-state index contributed by atoms with van der Waals surface area (Å²) in [6.45, 7) is 16.3. The lowest BCUT2D eigenvalue weighted by Crippen LogP contribution is -2.36. The predicted molar refractivity (Wildman–Crippen MR) is 177 cm³/mol. The molecule has 0 bridgehead atoms. The Bertz CT molecular complexity index is 1470. The second-order valence-corrected chi connectivity index (χ2v) is 14.2. The Kier molecular flexibility index (Phi) is 10.6. The molecule has 254 valence electrons. The summed E-state index contributed by atoms with van der Waals surface area (Å²) in [4.78, 5) is 23.7. The highest BCUT2D eigenvalue weighted by atomic mass is 35.5. The molecule has 4 atom stereocenters. The van der Waals surface area contributed by atoms with E-state index in [9.17, 15) is 9.59 Å². The van der Waals surface area contributed by atoms with Gasteiger partial charge in [0.1, 0.15) is 35.9 Å². The molecule has 4 aliphatic rings. The summed E-state index contributed by atoms with van der Waals surface area (Å²) in [6.07, 6.45) is -1.82. The zero-order chi connectivity index (χ0) is 34.1. The van der Waals surface area contributed by atoms with Crippen LogP contribution in [0.3, 0.4) is 0 Å². The van der Waals surface area contributed by atoms with Gasteiger partial charge in [0.2, 0.25) is 0 Å². The van der Waals surface area contributed by atoms with Gasteiger partial charge in [0.15, 0.2) is 0 Å². The van der Waals surface area contributed by atoms with Gasteiger partial charge in [-0.25, -0.2) is 9.59 Å². The molecule has 0 saturated carbocycles. The minimum absolute atomic E-state index is 0.0576. The number of carbonyl (C=O) groups excluding carboxylic acids is 2. The van der Waals surface area contributed by atoms with Gasteiger partial charge in [-0.15, -0.1) is 0 Å². The normalized spacial score (nSPS) is 22.7. The van der Waals surface area contributed by atoms with Crippen LogP contribution in [0.15, 0.2) is 30.3 Å². The molecule has 0 saturated heterocycles. The van der Waals surface area contributed by atoms with Crippen LogP contribution in [0.4, 0.5) is 9.59 Å². The summed E-state index contributed by atoms with van der Waals surface area (Å²) in [6, 6.07) is 9.42. The molecule has 0 spiro atoms. The van der Waals surface area contributed by atoms with Crippen LogP contribution in [-0.4, -0.2) is 76.1 Å². The fourth-order valence-corrected chi connectivity index (χ4v) is 5.77. The van der Waals surface area contributed by atoms with E-state index in [0.29, 0.717) is 30.5 Å². The Labute approximate surface area is 281 Å². The number of hydrogen-bond donors (Lipinski definition) is 2. The van der Waals surface area contributed by atoms with Gasteiger partial charge in [-0.3, -0.25) is 0 Å². The Balaban J connectivity index is 0.000000185. The molecule has 0 fully saturated rings. The zero-order valence-corrected chi connectivity index (χ0v) is 28.9. The molecule has 2 aromatic carbocycles. The summed E-state index contributed by atoms with van der Waals surface area (Å²) in [5.41, 5.74) is 2.43. The van der Waals surface area contributed by atoms with E-state index >= 15 is 0 Å². The van der Waals surface area contributed by atoms with E-state index in [1.165, 1.54) is 0 Å². The van der Waals surface area contributed by atoms with Crippen LogP contribution in [0.1, 0.15) is 78.7 Å². The van der Waals surface area contributed by atoms with Crippen molar-refractivity contribution < 1.29 is 47.2 Å². The first-order valence-electron chi connectivity index (χ1n) is 15.8. The number of halogens is 1. The van der Waals surface area contributed by atoms with Gasteiger partial charge in [-0.2, -0.15) is 0 Å². The number of hydrogen-bond acceptors (Lipinski definition) is 10. The summed E-state index contributed by atoms with van der Waals surface area (Å²) in [5, 5.41) is 6.03. The highest BCUT2D eigenvalue weighted by Gasteiger charge is 2.45. The van der Waals surface area contributed by atoms with Crippen LogP contribution in [0.25, 0.3) is 0 Å². The molecule has 0 aromatic heterocycles. The topological polar surface area (TPSA) is 132 Å². The van der Waals surface area contributed by atoms with Crippen LogP contribution < -0.4 is 31.0 Å². The highest BCUT2D eigenvalue weighted by molar-refractivity contribution is 6.65. The monoisotopic (exact) mass is 672 g/mol. The summed E-state index contributed by atoms with van der Waals surface area (Å²) < 4.78 is 45.7. The van der Waals surface area contributed by atoms with Gasteiger partial charge in [0.25, 0.3) is 0 Å². The fourth-order valence-electron chi connectivity index (χ4n) is 5.49. The molecule has 2 N–H and O–H groups in total. The van der Waals surface area contributed by atoms with Gasteiger partial charge in [0.05, 0.1) is 24.4 Å². The molecule has 2 aromatic rings. The van der Waals surface area contributed by atoms with Crippen LogP contribution in [-0.2, 0) is 28.1 Å². The van der Waals surface area contributed by atoms with Crippen molar-refractivity contribution in [3.63, 3.8) is 0 Å². The number of carbonyl (C=O) groups is 2. The third kappa shape index (κ3) is 8.85. The number of benzene rings is 2. The van der Waals surface area contributed by atoms with Gasteiger partial charge >= 0.3 is 26.4 Å². The predicted octanol–water partition coefficient (Wildman–Crippen LogP) is 4.20. The number of rotatable bonds is 4. The fraction of sp³-hybridized carbons (Fsp3) is 0.562. The van der Waals surface area contributed by atoms with Crippen molar-refractivity contribution in [3.05, 3.63) is 46.5 Å². The van der Waals surface area contributed by atoms with E-state index < -0.39 is 43.7 Å². The Hall–Kier alpha value is -3.16. The maximum Gasteiger partial charge on any atom is 0.498 e. The van der Waals surface area contributed by atoms with Crippen molar-refractivity contribution in [3.8, 4) is 11.5 Å². The molecule has 2 amide bonds. The third-order valence-corrected chi connectivity index (χ3v) is 7.66. The van der Waals surface area contributed by atoms with Crippen molar-refractivity contribution >= 4 is 48.9 Å². The van der Waals surface area contributed by atoms with E-state index in [2.05, 4.69) is 10.6 Å². The number of amides is 2. The maximum atomic E-state index is 11.9. The molecular formula is C32H43B2ClN2O10. The highest BCUT2D eigenvalue weighted by Crippen LogP contribution is 2.36. The first-order valence-corrected chi connectivity index (χ1v) is 16.2. The van der Waals surface area contributed by atoms with Gasteiger partial charge < -0.3 is 48.2 Å². The first kappa shape index (κ1) is 35.2. The molecule has 0 aliphatic carbocycles. The van der Waals surface area contributed by atoms with Crippen molar-refractivity contribution in [2.75, 3.05) is 26.3 Å². The Morgan fingerprint density at radius 2 is 1.28 bits per heavy atom. The maximum absolute atomic E-state index is 11.9. The molecule has 12 nitrogen and oxygen atoms in total. The average Bonchev–Trinajstić information content (AvgIpc) is 3.39. The largest absolute Gasteiger partial charge is 0.498 e. The van der Waals surface area contributed by atoms with Crippen LogP contribution in [0, 0.1) is 0 Å². The standard InChI is InChI=1S/C16H21BClNO5.C16H22BNO5/c1-9-8-21-11-6-5-10(18)13-12(24-17(23-9)14(11)13)7-19-15(20)22-16(2,3)4;1-10-9-20-12-7-5-6-11-13(23-17(22-10)14(11)12)8-18-15(19)21-16(2,3)4/h5-6,9,12H,7-8H2,1-4H3,(H,19,20);5-7,10,13H,8-9H2,1-4H3,(H,18,19). The van der Waals surface area contributed by atoms with E-state index in [4.69, 9.17) is 49.2 Å². The number of nitrogens with one attached hydrogen (secondary N) is 2. The third-order valence-electron chi connectivity index (χ3n) is 7.33. The molecule has 6 rings (SSSR count). The van der Waals surface area contributed by atoms with Crippen molar-refractivity contribution in [2.45, 2.75) is 91.0 Å². The Morgan fingerprint density at radius 1 is 0.766 bits per heavy atom. The lowest BCUT2D eigenvalue weighted by Gasteiger charge is -2.21. The number of ether oxygens (including phenoxy) is 4. The molecule has 47 heavy (non-hydrogen) atoms. The second-order valence-electron chi connectivity index (χ2n) is 13.8. The smallest absolute Gasteiger partial charge is 0.491 e. The number of alkyl carbamates (subject to hydrolysis) is 2. The summed E-state index contributed by atoms with van der Waals surface area (Å²) >= 11 is 6.36. The first-order chi connectivity index (χ1) is 22.1. The second kappa shape index (κ2) is 14.1. The van der Waals surface area contributed by atoms with Crippen LogP contribution in [0.2, 0.25) is 5.02 Å².